The lowest BCUT2D eigenvalue weighted by atomic mass is 9.86. The molecule has 0 aromatic carbocycles. The van der Waals surface area contributed by atoms with Gasteiger partial charge in [-0.2, -0.15) is 0 Å². The van der Waals surface area contributed by atoms with Gasteiger partial charge in [-0.15, -0.1) is 24.8 Å². The van der Waals surface area contributed by atoms with E-state index in [-0.39, 0.29) is 42.2 Å². The van der Waals surface area contributed by atoms with Crippen molar-refractivity contribution >= 4 is 36.5 Å². The van der Waals surface area contributed by atoms with E-state index in [1.165, 1.54) is 0 Å². The Bertz CT molecular complexity index is 471. The van der Waals surface area contributed by atoms with E-state index in [2.05, 4.69) is 15.2 Å². The molecule has 1 saturated heterocycles. The maximum absolute atomic E-state index is 12.1. The average molecular weight is 363 g/mol. The molecule has 1 atom stereocenters. The molecule has 23 heavy (non-hydrogen) atoms. The molecule has 0 spiro atoms. The molecule has 1 aliphatic heterocycles. The summed E-state index contributed by atoms with van der Waals surface area (Å²) in [6, 6.07) is 5.69. The van der Waals surface area contributed by atoms with E-state index in [1.54, 1.807) is 0 Å². The van der Waals surface area contributed by atoms with Gasteiger partial charge in [-0.1, -0.05) is 26.8 Å². The molecule has 3 N–H and O–H groups in total. The molecule has 1 aromatic rings. The van der Waals surface area contributed by atoms with Crippen molar-refractivity contribution in [3.63, 3.8) is 0 Å². The second-order valence-electron chi connectivity index (χ2n) is 6.80. The Labute approximate surface area is 151 Å². The number of nitrogens with zero attached hydrogens (tertiary/aromatic N) is 2. The van der Waals surface area contributed by atoms with E-state index in [0.717, 1.165) is 31.7 Å². The Hall–Kier alpha value is -1.04. The lowest BCUT2D eigenvalue weighted by Gasteiger charge is -2.34. The van der Waals surface area contributed by atoms with Crippen molar-refractivity contribution in [1.29, 1.82) is 0 Å². The van der Waals surface area contributed by atoms with E-state index in [0.29, 0.717) is 0 Å². The summed E-state index contributed by atoms with van der Waals surface area (Å²) < 4.78 is 0. The highest BCUT2D eigenvalue weighted by Gasteiger charge is 2.30. The van der Waals surface area contributed by atoms with Crippen LogP contribution in [0.2, 0.25) is 0 Å². The van der Waals surface area contributed by atoms with Gasteiger partial charge in [0.05, 0.1) is 6.04 Å². The Morgan fingerprint density at radius 1 is 1.30 bits per heavy atom. The smallest absolute Gasteiger partial charge is 0.237 e. The summed E-state index contributed by atoms with van der Waals surface area (Å²) >= 11 is 0. The minimum absolute atomic E-state index is 0. The number of carbonyl (C=O) groups excluding carboxylic acids is 1. The number of hydrogen-bond donors (Lipinski definition) is 2. The largest absolute Gasteiger partial charge is 0.356 e. The Morgan fingerprint density at radius 3 is 2.39 bits per heavy atom. The van der Waals surface area contributed by atoms with Crippen LogP contribution in [0.15, 0.2) is 24.4 Å². The van der Waals surface area contributed by atoms with Gasteiger partial charge in [-0.25, -0.2) is 4.98 Å². The van der Waals surface area contributed by atoms with Crippen LogP contribution in [0.25, 0.3) is 0 Å². The summed E-state index contributed by atoms with van der Waals surface area (Å²) in [5, 5.41) is 3.09. The normalized spacial score (nSPS) is 16.8. The standard InChI is InChI=1S/C16H26N4O.2ClH/c1-16(2,3)14(17)15(21)19-12-7-10-20(11-8-12)13-6-4-5-9-18-13;;/h4-6,9,12,14H,7-8,10-11,17H2,1-3H3,(H,19,21);2*1H/t14-;;/m1../s1. The molecule has 1 fully saturated rings. The van der Waals surface area contributed by atoms with Crippen LogP contribution in [0.3, 0.4) is 0 Å². The maximum Gasteiger partial charge on any atom is 0.237 e. The third kappa shape index (κ3) is 6.16. The SMILES string of the molecule is CC(C)(C)[C@H](N)C(=O)NC1CCN(c2ccccn2)CC1.Cl.Cl. The number of hydrogen-bond acceptors (Lipinski definition) is 4. The zero-order valence-corrected chi connectivity index (χ0v) is 15.6. The minimum atomic E-state index is -0.466. The molecular weight excluding hydrogens is 335 g/mol. The van der Waals surface area contributed by atoms with E-state index in [1.807, 2.05) is 45.2 Å². The fourth-order valence-electron chi connectivity index (χ4n) is 2.48. The summed E-state index contributed by atoms with van der Waals surface area (Å²) in [7, 11) is 0. The highest BCUT2D eigenvalue weighted by Crippen LogP contribution is 2.20. The molecule has 2 rings (SSSR count). The number of pyridine rings is 1. The number of halogens is 2. The van der Waals surface area contributed by atoms with Crippen LogP contribution in [0.4, 0.5) is 5.82 Å². The van der Waals surface area contributed by atoms with Gasteiger partial charge in [0, 0.05) is 25.3 Å². The van der Waals surface area contributed by atoms with Gasteiger partial charge in [0.2, 0.25) is 5.91 Å². The van der Waals surface area contributed by atoms with Crippen molar-refractivity contribution in [2.45, 2.75) is 45.7 Å². The molecule has 1 aromatic heterocycles. The topological polar surface area (TPSA) is 71.2 Å². The fourth-order valence-corrected chi connectivity index (χ4v) is 2.48. The molecule has 5 nitrogen and oxygen atoms in total. The molecule has 0 aliphatic carbocycles. The molecule has 0 unspecified atom stereocenters. The average Bonchev–Trinajstić information content (AvgIpc) is 2.47. The van der Waals surface area contributed by atoms with Crippen molar-refractivity contribution in [1.82, 2.24) is 10.3 Å². The summed E-state index contributed by atoms with van der Waals surface area (Å²) in [6.45, 7) is 7.78. The van der Waals surface area contributed by atoms with Crippen LogP contribution in [-0.4, -0.2) is 36.1 Å². The number of amides is 1. The van der Waals surface area contributed by atoms with Gasteiger partial charge in [0.15, 0.2) is 0 Å². The zero-order valence-electron chi connectivity index (χ0n) is 14.0. The van der Waals surface area contributed by atoms with Crippen LogP contribution < -0.4 is 16.0 Å². The van der Waals surface area contributed by atoms with Crippen LogP contribution in [0.1, 0.15) is 33.6 Å². The number of piperidine rings is 1. The van der Waals surface area contributed by atoms with Crippen LogP contribution in [0.5, 0.6) is 0 Å². The molecule has 0 saturated carbocycles. The third-order valence-corrected chi connectivity index (χ3v) is 4.03. The number of aromatic nitrogens is 1. The lowest BCUT2D eigenvalue weighted by molar-refractivity contribution is -0.125. The number of anilines is 1. The number of rotatable bonds is 3. The van der Waals surface area contributed by atoms with Crippen molar-refractivity contribution < 1.29 is 4.79 Å². The van der Waals surface area contributed by atoms with E-state index >= 15 is 0 Å². The zero-order chi connectivity index (χ0) is 15.5. The molecule has 0 bridgehead atoms. The summed E-state index contributed by atoms with van der Waals surface area (Å²) in [6.07, 6.45) is 3.67. The second kappa shape index (κ2) is 9.30. The Balaban J connectivity index is 0.00000242. The van der Waals surface area contributed by atoms with Gasteiger partial charge in [-0.05, 0) is 30.4 Å². The molecule has 7 heteroatoms. The number of carbonyl (C=O) groups is 1. The fraction of sp³-hybridized carbons (Fsp3) is 0.625. The molecule has 0 radical (unpaired) electrons. The van der Waals surface area contributed by atoms with Gasteiger partial charge >= 0.3 is 0 Å². The first-order chi connectivity index (χ1) is 9.88. The van der Waals surface area contributed by atoms with Crippen LogP contribution in [-0.2, 0) is 4.79 Å². The van der Waals surface area contributed by atoms with Gasteiger partial charge in [0.25, 0.3) is 0 Å². The predicted octanol–water partition coefficient (Wildman–Crippen LogP) is 2.38. The Morgan fingerprint density at radius 2 is 1.91 bits per heavy atom. The first-order valence-electron chi connectivity index (χ1n) is 7.60. The number of nitrogens with one attached hydrogen (secondary N) is 1. The number of nitrogens with two attached hydrogens (primary N) is 1. The first kappa shape index (κ1) is 22.0. The lowest BCUT2D eigenvalue weighted by Crippen LogP contribution is -2.53. The summed E-state index contributed by atoms with van der Waals surface area (Å²) in [5.74, 6) is 0.965. The highest BCUT2D eigenvalue weighted by atomic mass is 35.5. The summed E-state index contributed by atoms with van der Waals surface area (Å²) in [5.41, 5.74) is 5.79. The predicted molar refractivity (Wildman–Crippen MR) is 99.5 cm³/mol. The van der Waals surface area contributed by atoms with Gasteiger partial charge < -0.3 is 16.0 Å². The first-order valence-corrected chi connectivity index (χ1v) is 7.60. The quantitative estimate of drug-likeness (QED) is 0.865. The van der Waals surface area contributed by atoms with E-state index < -0.39 is 6.04 Å². The molecular formula is C16H28Cl2N4O. The molecule has 1 aliphatic rings. The van der Waals surface area contributed by atoms with Crippen molar-refractivity contribution in [2.75, 3.05) is 18.0 Å². The van der Waals surface area contributed by atoms with E-state index in [4.69, 9.17) is 5.73 Å². The monoisotopic (exact) mass is 362 g/mol. The van der Waals surface area contributed by atoms with Gasteiger partial charge in [-0.3, -0.25) is 4.79 Å². The minimum Gasteiger partial charge on any atom is -0.356 e. The van der Waals surface area contributed by atoms with E-state index in [9.17, 15) is 4.79 Å². The van der Waals surface area contributed by atoms with Crippen LogP contribution >= 0.6 is 24.8 Å². The summed E-state index contributed by atoms with van der Waals surface area (Å²) in [4.78, 5) is 18.8. The van der Waals surface area contributed by atoms with Crippen molar-refractivity contribution in [2.24, 2.45) is 11.1 Å². The highest BCUT2D eigenvalue weighted by molar-refractivity contribution is 5.85. The maximum atomic E-state index is 12.1. The molecule has 132 valence electrons. The Kier molecular flexibility index (Phi) is 8.88. The second-order valence-corrected chi connectivity index (χ2v) is 6.80. The molecule has 2 heterocycles. The molecule has 1 amide bonds. The van der Waals surface area contributed by atoms with Crippen LogP contribution in [0, 0.1) is 5.41 Å². The van der Waals surface area contributed by atoms with Crippen molar-refractivity contribution in [3.05, 3.63) is 24.4 Å². The van der Waals surface area contributed by atoms with Gasteiger partial charge in [0.1, 0.15) is 5.82 Å². The third-order valence-electron chi connectivity index (χ3n) is 4.03. The van der Waals surface area contributed by atoms with Crippen molar-refractivity contribution in [3.8, 4) is 0 Å².